The van der Waals surface area contributed by atoms with Crippen LogP contribution >= 0.6 is 0 Å². The molecular weight excluding hydrogens is 222 g/mol. The number of quaternary nitrogens is 1. The van der Waals surface area contributed by atoms with Gasteiger partial charge in [0.15, 0.2) is 0 Å². The third-order valence-electron chi connectivity index (χ3n) is 6.59. The highest BCUT2D eigenvalue weighted by Gasteiger charge is 2.54. The average Bonchev–Trinajstić information content (AvgIpc) is 2.79. The lowest BCUT2D eigenvalue weighted by molar-refractivity contribution is -0.891. The third-order valence-corrected chi connectivity index (χ3v) is 6.59. The number of nitrogens with one attached hydrogen (secondary N) is 1. The van der Waals surface area contributed by atoms with E-state index in [-0.39, 0.29) is 6.10 Å². The minimum Gasteiger partial charge on any atom is -0.387 e. The first kappa shape index (κ1) is 11.7. The van der Waals surface area contributed by atoms with Crippen LogP contribution in [0.3, 0.4) is 0 Å². The molecule has 0 aromatic rings. The zero-order chi connectivity index (χ0) is 12.2. The van der Waals surface area contributed by atoms with Gasteiger partial charge >= 0.3 is 0 Å². The molecule has 2 N–H and O–H groups in total. The Hall–Kier alpha value is -0.0800. The number of hydrogen-bond donors (Lipinski definition) is 2. The van der Waals surface area contributed by atoms with Crippen molar-refractivity contribution >= 4 is 0 Å². The van der Waals surface area contributed by atoms with Gasteiger partial charge in [-0.3, -0.25) is 0 Å². The Balaban J connectivity index is 1.48. The standard InChI is InChI=1S/C16H27NO/c18-15(11-17-3-1-2-4-17)16-8-12-5-13(9-16)7-14(6-12)10-16/h12-15,18H,1-11H2/p+1/t12?,13?,14?,15-,16?/m0/s1. The van der Waals surface area contributed by atoms with Crippen LogP contribution in [0.15, 0.2) is 0 Å². The van der Waals surface area contributed by atoms with Gasteiger partial charge in [0.1, 0.15) is 12.6 Å². The van der Waals surface area contributed by atoms with Gasteiger partial charge < -0.3 is 10.0 Å². The summed E-state index contributed by atoms with van der Waals surface area (Å²) < 4.78 is 0. The van der Waals surface area contributed by atoms with E-state index in [2.05, 4.69) is 0 Å². The molecule has 0 radical (unpaired) electrons. The van der Waals surface area contributed by atoms with Crippen molar-refractivity contribution in [3.8, 4) is 0 Å². The van der Waals surface area contributed by atoms with Gasteiger partial charge in [-0.05, 0) is 56.3 Å². The van der Waals surface area contributed by atoms with Crippen LogP contribution in [0.25, 0.3) is 0 Å². The molecule has 4 bridgehead atoms. The lowest BCUT2D eigenvalue weighted by atomic mass is 9.48. The third kappa shape index (κ3) is 1.84. The Kier molecular flexibility index (Phi) is 2.74. The first-order valence-corrected chi connectivity index (χ1v) is 8.25. The Morgan fingerprint density at radius 2 is 1.44 bits per heavy atom. The summed E-state index contributed by atoms with van der Waals surface area (Å²) in [5.41, 5.74) is 0.352. The van der Waals surface area contributed by atoms with Crippen molar-refractivity contribution in [1.82, 2.24) is 0 Å². The molecule has 0 aromatic carbocycles. The lowest BCUT2D eigenvalue weighted by Gasteiger charge is -2.58. The summed E-state index contributed by atoms with van der Waals surface area (Å²) in [5, 5.41) is 10.9. The number of aliphatic hydroxyl groups is 1. The molecule has 5 fully saturated rings. The summed E-state index contributed by atoms with van der Waals surface area (Å²) in [6.07, 6.45) is 11.3. The van der Waals surface area contributed by atoms with Crippen molar-refractivity contribution in [2.45, 2.75) is 57.5 Å². The Morgan fingerprint density at radius 3 is 1.94 bits per heavy atom. The summed E-state index contributed by atoms with van der Waals surface area (Å²) in [4.78, 5) is 1.68. The summed E-state index contributed by atoms with van der Waals surface area (Å²) in [7, 11) is 0. The normalized spacial score (nSPS) is 48.8. The topological polar surface area (TPSA) is 24.7 Å². The number of rotatable bonds is 3. The van der Waals surface area contributed by atoms with Crippen molar-refractivity contribution in [3.05, 3.63) is 0 Å². The van der Waals surface area contributed by atoms with Gasteiger partial charge in [-0.1, -0.05) is 0 Å². The largest absolute Gasteiger partial charge is 0.387 e. The van der Waals surface area contributed by atoms with Crippen LogP contribution in [0.5, 0.6) is 0 Å². The minimum atomic E-state index is -0.000926. The van der Waals surface area contributed by atoms with Crippen molar-refractivity contribution in [1.29, 1.82) is 0 Å². The highest BCUT2D eigenvalue weighted by molar-refractivity contribution is 5.04. The van der Waals surface area contributed by atoms with Crippen LogP contribution in [0.2, 0.25) is 0 Å². The molecular formula is C16H28NO+. The number of likely N-dealkylation sites (tertiary alicyclic amines) is 1. The minimum absolute atomic E-state index is 0.000926. The molecule has 0 spiro atoms. The van der Waals surface area contributed by atoms with Crippen LogP contribution in [0.4, 0.5) is 0 Å². The zero-order valence-electron chi connectivity index (χ0n) is 11.5. The quantitative estimate of drug-likeness (QED) is 0.774. The molecule has 0 amide bonds. The van der Waals surface area contributed by atoms with Crippen molar-refractivity contribution < 1.29 is 10.0 Å². The summed E-state index contributed by atoms with van der Waals surface area (Å²) in [5.74, 6) is 2.92. The lowest BCUT2D eigenvalue weighted by Crippen LogP contribution is -3.11. The van der Waals surface area contributed by atoms with Gasteiger partial charge in [0.05, 0.1) is 13.1 Å². The highest BCUT2D eigenvalue weighted by Crippen LogP contribution is 2.61. The Morgan fingerprint density at radius 1 is 0.944 bits per heavy atom. The van der Waals surface area contributed by atoms with E-state index >= 15 is 0 Å². The maximum atomic E-state index is 10.9. The summed E-state index contributed by atoms with van der Waals surface area (Å²) in [6.45, 7) is 3.67. The predicted octanol–water partition coefficient (Wildman–Crippen LogP) is 1.24. The molecule has 5 aliphatic rings. The molecule has 1 saturated heterocycles. The molecule has 18 heavy (non-hydrogen) atoms. The molecule has 4 saturated carbocycles. The molecule has 1 heterocycles. The predicted molar refractivity (Wildman–Crippen MR) is 71.4 cm³/mol. The second kappa shape index (κ2) is 4.21. The molecule has 102 valence electrons. The van der Waals surface area contributed by atoms with E-state index in [1.807, 2.05) is 0 Å². The van der Waals surface area contributed by atoms with Crippen molar-refractivity contribution in [2.75, 3.05) is 19.6 Å². The maximum Gasteiger partial charge on any atom is 0.108 e. The molecule has 4 aliphatic carbocycles. The zero-order valence-corrected chi connectivity index (χ0v) is 11.5. The molecule has 2 heteroatoms. The van der Waals surface area contributed by atoms with Crippen LogP contribution < -0.4 is 4.90 Å². The van der Waals surface area contributed by atoms with Crippen LogP contribution in [0.1, 0.15) is 51.4 Å². The van der Waals surface area contributed by atoms with Gasteiger partial charge in [0, 0.05) is 18.3 Å². The van der Waals surface area contributed by atoms with E-state index in [9.17, 15) is 5.11 Å². The van der Waals surface area contributed by atoms with Crippen LogP contribution in [-0.2, 0) is 0 Å². The van der Waals surface area contributed by atoms with Crippen LogP contribution in [0, 0.1) is 23.2 Å². The Bertz CT molecular complexity index is 286. The van der Waals surface area contributed by atoms with E-state index in [1.54, 1.807) is 4.90 Å². The summed E-state index contributed by atoms with van der Waals surface area (Å²) in [6, 6.07) is 0. The SMILES string of the molecule is O[C@@H](C[NH+]1CCCC1)C12CC3CC(CC(C3)C1)C2. The van der Waals surface area contributed by atoms with Gasteiger partial charge in [-0.15, -0.1) is 0 Å². The molecule has 0 aromatic heterocycles. The van der Waals surface area contributed by atoms with Crippen molar-refractivity contribution in [2.24, 2.45) is 23.2 Å². The van der Waals surface area contributed by atoms with Gasteiger partial charge in [0.25, 0.3) is 0 Å². The first-order valence-electron chi connectivity index (χ1n) is 8.25. The number of hydrogen-bond acceptors (Lipinski definition) is 1. The molecule has 0 unspecified atom stereocenters. The van der Waals surface area contributed by atoms with E-state index in [0.717, 1.165) is 24.3 Å². The number of aliphatic hydroxyl groups excluding tert-OH is 1. The van der Waals surface area contributed by atoms with E-state index in [0.29, 0.717) is 5.41 Å². The van der Waals surface area contributed by atoms with Gasteiger partial charge in [0.2, 0.25) is 0 Å². The fourth-order valence-electron chi connectivity index (χ4n) is 6.15. The molecule has 1 atom stereocenters. The second-order valence-corrected chi connectivity index (χ2v) is 7.96. The average molecular weight is 250 g/mol. The fourth-order valence-corrected chi connectivity index (χ4v) is 6.15. The van der Waals surface area contributed by atoms with Gasteiger partial charge in [-0.2, -0.15) is 0 Å². The monoisotopic (exact) mass is 250 g/mol. The molecule has 1 aliphatic heterocycles. The molecule has 2 nitrogen and oxygen atoms in total. The smallest absolute Gasteiger partial charge is 0.108 e. The fraction of sp³-hybridized carbons (Fsp3) is 1.00. The van der Waals surface area contributed by atoms with E-state index in [4.69, 9.17) is 0 Å². The van der Waals surface area contributed by atoms with E-state index < -0.39 is 0 Å². The summed E-state index contributed by atoms with van der Waals surface area (Å²) >= 11 is 0. The first-order chi connectivity index (χ1) is 8.73. The highest BCUT2D eigenvalue weighted by atomic mass is 16.3. The van der Waals surface area contributed by atoms with Gasteiger partial charge in [-0.25, -0.2) is 0 Å². The van der Waals surface area contributed by atoms with Crippen molar-refractivity contribution in [3.63, 3.8) is 0 Å². The maximum absolute atomic E-state index is 10.9. The molecule has 5 rings (SSSR count). The van der Waals surface area contributed by atoms with Crippen LogP contribution in [-0.4, -0.2) is 30.8 Å². The van der Waals surface area contributed by atoms with E-state index in [1.165, 1.54) is 64.5 Å². The Labute approximate surface area is 111 Å². The second-order valence-electron chi connectivity index (χ2n) is 7.96.